The topological polar surface area (TPSA) is 21.7 Å². The molecule has 3 fully saturated rings. The highest BCUT2D eigenvalue weighted by molar-refractivity contribution is 4.89. The average molecular weight is 338 g/mol. The molecule has 2 aliphatic heterocycles. The van der Waals surface area contributed by atoms with Crippen molar-refractivity contribution in [1.82, 2.24) is 4.90 Å². The van der Waals surface area contributed by atoms with E-state index in [0.717, 1.165) is 44.6 Å². The van der Waals surface area contributed by atoms with Crippen LogP contribution in [0.5, 0.6) is 0 Å². The van der Waals surface area contributed by atoms with E-state index in [1.54, 1.807) is 0 Å². The van der Waals surface area contributed by atoms with Crippen molar-refractivity contribution in [2.75, 3.05) is 26.3 Å². The molecule has 0 N–H and O–H groups in total. The molecule has 24 heavy (non-hydrogen) atoms. The van der Waals surface area contributed by atoms with Gasteiger partial charge >= 0.3 is 0 Å². The molecular formula is C21H39NO2. The third-order valence-electron chi connectivity index (χ3n) is 7.36. The number of hydrogen-bond donors (Lipinski definition) is 0. The van der Waals surface area contributed by atoms with Crippen LogP contribution in [-0.2, 0) is 9.47 Å². The minimum absolute atomic E-state index is 0.246. The lowest BCUT2D eigenvalue weighted by Crippen LogP contribution is -2.51. The quantitative estimate of drug-likeness (QED) is 0.732. The summed E-state index contributed by atoms with van der Waals surface area (Å²) in [5.41, 5.74) is 0.462. The molecule has 1 atom stereocenters. The molecule has 3 rings (SSSR count). The largest absolute Gasteiger partial charge is 0.350 e. The highest BCUT2D eigenvalue weighted by atomic mass is 16.7. The van der Waals surface area contributed by atoms with Crippen LogP contribution in [0.3, 0.4) is 0 Å². The van der Waals surface area contributed by atoms with Crippen molar-refractivity contribution >= 4 is 0 Å². The van der Waals surface area contributed by atoms with Crippen LogP contribution in [0, 0.1) is 17.3 Å². The van der Waals surface area contributed by atoms with Crippen molar-refractivity contribution < 1.29 is 9.47 Å². The normalized spacial score (nSPS) is 39.2. The van der Waals surface area contributed by atoms with Gasteiger partial charge in [-0.3, -0.25) is 0 Å². The fourth-order valence-electron chi connectivity index (χ4n) is 4.91. The first kappa shape index (κ1) is 18.7. The zero-order chi connectivity index (χ0) is 17.2. The molecule has 2 heterocycles. The van der Waals surface area contributed by atoms with Gasteiger partial charge in [-0.25, -0.2) is 0 Å². The highest BCUT2D eigenvalue weighted by Crippen LogP contribution is 2.46. The van der Waals surface area contributed by atoms with Gasteiger partial charge in [-0.05, 0) is 50.5 Å². The summed E-state index contributed by atoms with van der Waals surface area (Å²) in [5, 5.41) is 0. The van der Waals surface area contributed by atoms with Crippen LogP contribution < -0.4 is 0 Å². The van der Waals surface area contributed by atoms with Crippen molar-refractivity contribution in [3.8, 4) is 0 Å². The number of hydrogen-bond acceptors (Lipinski definition) is 3. The zero-order valence-corrected chi connectivity index (χ0v) is 16.5. The van der Waals surface area contributed by atoms with E-state index >= 15 is 0 Å². The van der Waals surface area contributed by atoms with E-state index in [4.69, 9.17) is 9.47 Å². The Morgan fingerprint density at radius 3 is 2.29 bits per heavy atom. The molecule has 0 aromatic carbocycles. The third-order valence-corrected chi connectivity index (χ3v) is 7.36. The molecule has 0 amide bonds. The number of likely N-dealkylation sites (tertiary alicyclic amines) is 1. The van der Waals surface area contributed by atoms with E-state index in [2.05, 4.69) is 32.6 Å². The predicted molar refractivity (Wildman–Crippen MR) is 99.0 cm³/mol. The molecule has 1 saturated carbocycles. The lowest BCUT2D eigenvalue weighted by Gasteiger charge is -2.48. The Balaban J connectivity index is 1.45. The molecule has 3 heteroatoms. The van der Waals surface area contributed by atoms with Gasteiger partial charge in [0, 0.05) is 31.3 Å². The monoisotopic (exact) mass is 337 g/mol. The van der Waals surface area contributed by atoms with Gasteiger partial charge in [0.05, 0.1) is 13.2 Å². The van der Waals surface area contributed by atoms with E-state index in [1.807, 2.05) is 0 Å². The first-order valence-electron chi connectivity index (χ1n) is 10.5. The van der Waals surface area contributed by atoms with Gasteiger partial charge in [-0.15, -0.1) is 0 Å². The Morgan fingerprint density at radius 1 is 1.04 bits per heavy atom. The van der Waals surface area contributed by atoms with Gasteiger partial charge in [0.15, 0.2) is 5.79 Å². The second-order valence-electron chi connectivity index (χ2n) is 9.35. The highest BCUT2D eigenvalue weighted by Gasteiger charge is 2.44. The van der Waals surface area contributed by atoms with Crippen LogP contribution in [0.4, 0.5) is 0 Å². The molecule has 140 valence electrons. The van der Waals surface area contributed by atoms with Gasteiger partial charge in [0.1, 0.15) is 0 Å². The summed E-state index contributed by atoms with van der Waals surface area (Å²) in [7, 11) is 0. The summed E-state index contributed by atoms with van der Waals surface area (Å²) < 4.78 is 12.7. The molecule has 0 aromatic rings. The van der Waals surface area contributed by atoms with Crippen LogP contribution in [0.2, 0.25) is 0 Å². The number of piperidine rings is 1. The molecule has 3 nitrogen and oxygen atoms in total. The summed E-state index contributed by atoms with van der Waals surface area (Å²) in [6, 6.07) is 0.737. The molecule has 0 aromatic heterocycles. The summed E-state index contributed by atoms with van der Waals surface area (Å²) in [5.74, 6) is 1.14. The van der Waals surface area contributed by atoms with Crippen LogP contribution in [0.15, 0.2) is 0 Å². The van der Waals surface area contributed by atoms with Crippen molar-refractivity contribution in [3.05, 3.63) is 0 Å². The SMILES string of the molecule is CCC(C)(C)C1CCC2(CC1)OCC(CN1CCCCC1C)CO2. The maximum Gasteiger partial charge on any atom is 0.168 e. The fraction of sp³-hybridized carbons (Fsp3) is 1.00. The summed E-state index contributed by atoms with van der Waals surface area (Å²) in [6.45, 7) is 13.8. The Kier molecular flexibility index (Phi) is 5.94. The van der Waals surface area contributed by atoms with Crippen molar-refractivity contribution in [2.45, 2.75) is 90.9 Å². The minimum atomic E-state index is -0.246. The molecule has 0 radical (unpaired) electrons. The summed E-state index contributed by atoms with van der Waals surface area (Å²) >= 11 is 0. The van der Waals surface area contributed by atoms with Gasteiger partial charge in [-0.2, -0.15) is 0 Å². The maximum absolute atomic E-state index is 6.34. The molecule has 2 saturated heterocycles. The predicted octanol–water partition coefficient (Wildman–Crippen LogP) is 4.85. The minimum Gasteiger partial charge on any atom is -0.350 e. The number of nitrogens with zero attached hydrogens (tertiary/aromatic N) is 1. The van der Waals surface area contributed by atoms with Crippen LogP contribution >= 0.6 is 0 Å². The molecule has 0 bridgehead atoms. The van der Waals surface area contributed by atoms with E-state index in [9.17, 15) is 0 Å². The molecule has 3 aliphatic rings. The zero-order valence-electron chi connectivity index (χ0n) is 16.5. The Bertz CT molecular complexity index is 391. The fourth-order valence-corrected chi connectivity index (χ4v) is 4.91. The Hall–Kier alpha value is -0.120. The third kappa shape index (κ3) is 4.16. The Labute approximate surface area is 149 Å². The van der Waals surface area contributed by atoms with E-state index < -0.39 is 0 Å². The van der Waals surface area contributed by atoms with Gasteiger partial charge < -0.3 is 14.4 Å². The number of rotatable bonds is 4. The van der Waals surface area contributed by atoms with E-state index in [0.29, 0.717) is 11.3 Å². The lowest BCUT2D eigenvalue weighted by molar-refractivity contribution is -0.301. The number of ether oxygens (including phenoxy) is 2. The van der Waals surface area contributed by atoms with Crippen LogP contribution in [-0.4, -0.2) is 43.0 Å². The van der Waals surface area contributed by atoms with Gasteiger partial charge in [0.2, 0.25) is 0 Å². The first-order valence-corrected chi connectivity index (χ1v) is 10.5. The smallest absolute Gasteiger partial charge is 0.168 e. The lowest BCUT2D eigenvalue weighted by atomic mass is 9.68. The van der Waals surface area contributed by atoms with E-state index in [1.165, 1.54) is 45.1 Å². The maximum atomic E-state index is 6.34. The molecular weight excluding hydrogens is 298 g/mol. The van der Waals surface area contributed by atoms with E-state index in [-0.39, 0.29) is 5.79 Å². The molecule has 1 spiro atoms. The standard InChI is InChI=1S/C21H39NO2/c1-5-20(3,4)19-9-11-21(12-10-19)23-15-18(16-24-21)14-22-13-7-6-8-17(22)2/h17-19H,5-16H2,1-4H3. The van der Waals surface area contributed by atoms with Crippen molar-refractivity contribution in [2.24, 2.45) is 17.3 Å². The second kappa shape index (κ2) is 7.63. The van der Waals surface area contributed by atoms with Gasteiger partial charge in [-0.1, -0.05) is 33.6 Å². The summed E-state index contributed by atoms with van der Waals surface area (Å²) in [4.78, 5) is 2.65. The first-order chi connectivity index (χ1) is 11.4. The van der Waals surface area contributed by atoms with Crippen LogP contribution in [0.1, 0.15) is 79.1 Å². The van der Waals surface area contributed by atoms with Gasteiger partial charge in [0.25, 0.3) is 0 Å². The molecule has 1 unspecified atom stereocenters. The summed E-state index contributed by atoms with van der Waals surface area (Å²) in [6.07, 6.45) is 10.1. The van der Waals surface area contributed by atoms with Crippen LogP contribution in [0.25, 0.3) is 0 Å². The second-order valence-corrected chi connectivity index (χ2v) is 9.35. The molecule has 1 aliphatic carbocycles. The van der Waals surface area contributed by atoms with Crippen molar-refractivity contribution in [3.63, 3.8) is 0 Å². The van der Waals surface area contributed by atoms with Crippen molar-refractivity contribution in [1.29, 1.82) is 0 Å². The average Bonchev–Trinajstić information content (AvgIpc) is 2.59. The Morgan fingerprint density at radius 2 is 1.71 bits per heavy atom.